The lowest BCUT2D eigenvalue weighted by Gasteiger charge is -2.17. The van der Waals surface area contributed by atoms with Crippen LogP contribution in [0.1, 0.15) is 90.8 Å². The van der Waals surface area contributed by atoms with E-state index in [9.17, 15) is 14.4 Å². The van der Waals surface area contributed by atoms with Crippen LogP contribution in [-0.4, -0.2) is 54.5 Å². The number of nitrogens with zero attached hydrogens (tertiary/aromatic N) is 2. The highest BCUT2D eigenvalue weighted by molar-refractivity contribution is 8.12. The number of nitriles is 1. The van der Waals surface area contributed by atoms with Crippen molar-refractivity contribution in [1.29, 1.82) is 5.26 Å². The highest BCUT2D eigenvalue weighted by atomic mass is 32.2. The summed E-state index contributed by atoms with van der Waals surface area (Å²) in [6.45, 7) is 16.7. The van der Waals surface area contributed by atoms with E-state index in [1.54, 1.807) is 16.7 Å². The minimum absolute atomic E-state index is 0.0551. The number of rotatable bonds is 10. The molecule has 1 aliphatic carbocycles. The maximum Gasteiger partial charge on any atom is 0.241 e. The minimum atomic E-state index is -0.876. The van der Waals surface area contributed by atoms with Crippen molar-refractivity contribution in [1.82, 2.24) is 15.5 Å². The highest BCUT2D eigenvalue weighted by Crippen LogP contribution is 2.44. The van der Waals surface area contributed by atoms with E-state index in [-0.39, 0.29) is 30.9 Å². The molecule has 236 valence electrons. The summed E-state index contributed by atoms with van der Waals surface area (Å²) in [5.41, 5.74) is 4.04. The van der Waals surface area contributed by atoms with Gasteiger partial charge in [0.05, 0.1) is 12.6 Å². The fourth-order valence-electron chi connectivity index (χ4n) is 4.19. The molecular weight excluding hydrogens is 560 g/mol. The van der Waals surface area contributed by atoms with Gasteiger partial charge in [0.1, 0.15) is 5.41 Å². The maximum absolute atomic E-state index is 11.8. The molecule has 8 nitrogen and oxygen atoms in total. The standard InChI is InChI=1S/C18H23NOS.C12H17N3O3.C4H10/c1-5-7-10-21-18(14(3)4)16-8-9-17(12-19-13-20)15(6-2)11-16;13-8-12(2-3-12)11(18)14-5-10(17)15-4-1-9(6-15)7-16;1-4(2)3/h8-9,11,13H,5-6,12H2,1-4H3,(H,19,20);9,16H,1-7H2,(H,14,18);4H,1-3H3. The van der Waals surface area contributed by atoms with E-state index in [1.165, 1.54) is 27.2 Å². The second-order valence-electron chi connectivity index (χ2n) is 11.7. The molecule has 0 spiro atoms. The quantitative estimate of drug-likeness (QED) is 0.245. The molecule has 1 aliphatic heterocycles. The number of hydrogen-bond acceptors (Lipinski definition) is 6. The number of aliphatic hydroxyl groups is 1. The van der Waals surface area contributed by atoms with Crippen LogP contribution < -0.4 is 10.6 Å². The van der Waals surface area contributed by atoms with Gasteiger partial charge in [-0.25, -0.2) is 0 Å². The zero-order valence-corrected chi connectivity index (χ0v) is 27.8. The first-order chi connectivity index (χ1) is 20.5. The average Bonchev–Trinajstić information content (AvgIpc) is 3.64. The van der Waals surface area contributed by atoms with Gasteiger partial charge in [-0.2, -0.15) is 5.26 Å². The van der Waals surface area contributed by atoms with Gasteiger partial charge in [0, 0.05) is 43.5 Å². The third kappa shape index (κ3) is 13.3. The normalized spacial score (nSPS) is 15.7. The van der Waals surface area contributed by atoms with Crippen molar-refractivity contribution in [2.45, 2.75) is 87.1 Å². The van der Waals surface area contributed by atoms with Crippen molar-refractivity contribution in [3.8, 4) is 17.2 Å². The zero-order valence-electron chi connectivity index (χ0n) is 27.0. The lowest BCUT2D eigenvalue weighted by atomic mass is 10.0. The number of benzene rings is 1. The SMILES string of the molecule is CC(C)C.CCC#CSC(=C(C)C)c1ccc(CNC=O)c(CC)c1.N#CC1(C(=O)NCC(=O)N2CCC(CO)C2)CC1. The van der Waals surface area contributed by atoms with Gasteiger partial charge in [-0.3, -0.25) is 14.4 Å². The van der Waals surface area contributed by atoms with E-state index in [0.717, 1.165) is 31.6 Å². The summed E-state index contributed by atoms with van der Waals surface area (Å²) in [5, 5.41) is 26.2. The molecule has 1 aromatic carbocycles. The van der Waals surface area contributed by atoms with Crippen LogP contribution in [0.5, 0.6) is 0 Å². The largest absolute Gasteiger partial charge is 0.396 e. The first-order valence-corrected chi connectivity index (χ1v) is 16.0. The highest BCUT2D eigenvalue weighted by Gasteiger charge is 2.50. The lowest BCUT2D eigenvalue weighted by Crippen LogP contribution is -2.41. The van der Waals surface area contributed by atoms with Gasteiger partial charge < -0.3 is 20.6 Å². The number of nitrogens with one attached hydrogen (secondary N) is 2. The fraction of sp³-hybridized carbons (Fsp3) is 0.588. The Morgan fingerprint density at radius 2 is 1.88 bits per heavy atom. The first-order valence-electron chi connectivity index (χ1n) is 15.2. The third-order valence-corrected chi connectivity index (χ3v) is 7.87. The molecule has 1 atom stereocenters. The number of carbonyl (C=O) groups excluding carboxylic acids is 3. The van der Waals surface area contributed by atoms with Crippen LogP contribution in [0.15, 0.2) is 23.8 Å². The molecule has 1 saturated heterocycles. The molecule has 1 unspecified atom stereocenters. The summed E-state index contributed by atoms with van der Waals surface area (Å²) in [6.07, 6.45) is 4.54. The van der Waals surface area contributed by atoms with Gasteiger partial charge in [0.2, 0.25) is 18.2 Å². The Labute approximate surface area is 263 Å². The molecule has 1 aromatic rings. The van der Waals surface area contributed by atoms with Crippen LogP contribution in [-0.2, 0) is 27.3 Å². The number of carbonyl (C=O) groups is 3. The first kappa shape index (κ1) is 37.8. The lowest BCUT2D eigenvalue weighted by molar-refractivity contribution is -0.133. The summed E-state index contributed by atoms with van der Waals surface area (Å²) in [5.74, 6) is 3.60. The van der Waals surface area contributed by atoms with E-state index >= 15 is 0 Å². The Morgan fingerprint density at radius 1 is 1.21 bits per heavy atom. The van der Waals surface area contributed by atoms with Gasteiger partial charge in [-0.15, -0.1) is 0 Å². The van der Waals surface area contributed by atoms with Crippen LogP contribution >= 0.6 is 11.8 Å². The molecule has 3 amide bonds. The molecular formula is C34H50N4O4S. The molecule has 0 radical (unpaired) electrons. The van der Waals surface area contributed by atoms with Crippen molar-refractivity contribution >= 4 is 34.9 Å². The molecule has 1 heterocycles. The number of aliphatic hydroxyl groups excluding tert-OH is 1. The second kappa shape index (κ2) is 19.8. The summed E-state index contributed by atoms with van der Waals surface area (Å²) in [4.78, 5) is 36.8. The predicted octanol–water partition coefficient (Wildman–Crippen LogP) is 5.26. The minimum Gasteiger partial charge on any atom is -0.396 e. The maximum atomic E-state index is 11.8. The van der Waals surface area contributed by atoms with Crippen molar-refractivity contribution in [3.05, 3.63) is 40.5 Å². The van der Waals surface area contributed by atoms with Crippen molar-refractivity contribution in [2.24, 2.45) is 17.3 Å². The second-order valence-corrected chi connectivity index (χ2v) is 12.5. The van der Waals surface area contributed by atoms with E-state index in [4.69, 9.17) is 10.4 Å². The summed E-state index contributed by atoms with van der Waals surface area (Å²) >= 11 is 1.60. The van der Waals surface area contributed by atoms with E-state index < -0.39 is 5.41 Å². The van der Waals surface area contributed by atoms with Crippen LogP contribution in [0, 0.1) is 39.8 Å². The Kier molecular flexibility index (Phi) is 17.4. The van der Waals surface area contributed by atoms with Crippen LogP contribution in [0.25, 0.3) is 4.91 Å². The molecule has 43 heavy (non-hydrogen) atoms. The molecule has 0 aromatic heterocycles. The molecule has 2 aliphatic rings. The third-order valence-electron chi connectivity index (χ3n) is 6.78. The molecule has 1 saturated carbocycles. The Morgan fingerprint density at radius 3 is 2.37 bits per heavy atom. The van der Waals surface area contributed by atoms with Crippen molar-refractivity contribution < 1.29 is 19.5 Å². The molecule has 9 heteroatoms. The van der Waals surface area contributed by atoms with Crippen molar-refractivity contribution in [2.75, 3.05) is 26.2 Å². The number of likely N-dealkylation sites (tertiary alicyclic amines) is 1. The monoisotopic (exact) mass is 610 g/mol. The molecule has 3 rings (SSSR count). The van der Waals surface area contributed by atoms with Crippen LogP contribution in [0.3, 0.4) is 0 Å². The number of aryl methyl sites for hydroxylation is 1. The smallest absolute Gasteiger partial charge is 0.241 e. The number of thioether (sulfide) groups is 1. The van der Waals surface area contributed by atoms with Gasteiger partial charge in [-0.1, -0.05) is 64.3 Å². The van der Waals surface area contributed by atoms with Crippen molar-refractivity contribution in [3.63, 3.8) is 0 Å². The number of allylic oxidation sites excluding steroid dienone is 1. The van der Waals surface area contributed by atoms with Gasteiger partial charge in [0.25, 0.3) is 0 Å². The zero-order chi connectivity index (χ0) is 32.4. The Bertz CT molecular complexity index is 1200. The summed E-state index contributed by atoms with van der Waals surface area (Å²) in [6, 6.07) is 8.42. The molecule has 2 fully saturated rings. The van der Waals surface area contributed by atoms with Gasteiger partial charge >= 0.3 is 0 Å². The molecule has 0 bridgehead atoms. The van der Waals surface area contributed by atoms with E-state index in [1.807, 2.05) is 6.07 Å². The van der Waals surface area contributed by atoms with Gasteiger partial charge in [-0.05, 0) is 79.2 Å². The fourth-order valence-corrected chi connectivity index (χ4v) is 4.96. The number of hydrogen-bond donors (Lipinski definition) is 3. The summed E-state index contributed by atoms with van der Waals surface area (Å²) in [7, 11) is 0. The van der Waals surface area contributed by atoms with Crippen LogP contribution in [0.2, 0.25) is 0 Å². The summed E-state index contributed by atoms with van der Waals surface area (Å²) < 4.78 is 0. The topological polar surface area (TPSA) is 123 Å². The van der Waals surface area contributed by atoms with Gasteiger partial charge in [0.15, 0.2) is 0 Å². The van der Waals surface area contributed by atoms with E-state index in [2.05, 4.69) is 88.5 Å². The molecule has 3 N–H and O–H groups in total. The predicted molar refractivity (Wildman–Crippen MR) is 175 cm³/mol. The van der Waals surface area contributed by atoms with E-state index in [0.29, 0.717) is 32.5 Å². The van der Waals surface area contributed by atoms with Crippen LogP contribution in [0.4, 0.5) is 0 Å². The average molecular weight is 611 g/mol. The Balaban J connectivity index is 0.000000385. The number of amides is 3. The Hall–Kier alpha value is -3.27.